The van der Waals surface area contributed by atoms with E-state index >= 15 is 0 Å². The van der Waals surface area contributed by atoms with Crippen molar-refractivity contribution in [3.63, 3.8) is 0 Å². The first-order chi connectivity index (χ1) is 9.60. The van der Waals surface area contributed by atoms with Crippen LogP contribution in [0.15, 0.2) is 47.4 Å². The number of Topliss-reactive ketones (excluding diaryl/α,β-unsaturated/α-hetero) is 1. The largest absolute Gasteiger partial charge is 0.294 e. The second kappa shape index (κ2) is 6.76. The third kappa shape index (κ3) is 3.73. The molecule has 20 heavy (non-hydrogen) atoms. The Labute approximate surface area is 125 Å². The van der Waals surface area contributed by atoms with Gasteiger partial charge in [-0.05, 0) is 25.5 Å². The van der Waals surface area contributed by atoms with Gasteiger partial charge in [-0.3, -0.25) is 4.79 Å². The fourth-order valence-electron chi connectivity index (χ4n) is 2.33. The first-order valence-electron chi connectivity index (χ1n) is 6.92. The topological polar surface area (TPSA) is 17.1 Å². The molecule has 0 unspecified atom stereocenters. The van der Waals surface area contributed by atoms with Crippen LogP contribution >= 0.6 is 11.8 Å². The molecule has 0 saturated heterocycles. The maximum atomic E-state index is 11.9. The van der Waals surface area contributed by atoms with Gasteiger partial charge in [0.1, 0.15) is 0 Å². The summed E-state index contributed by atoms with van der Waals surface area (Å²) >= 11 is 1.74. The summed E-state index contributed by atoms with van der Waals surface area (Å²) in [6.07, 6.45) is 0.557. The van der Waals surface area contributed by atoms with Gasteiger partial charge in [-0.15, -0.1) is 11.8 Å². The fraction of sp³-hybridized carbons (Fsp3) is 0.278. The Morgan fingerprint density at radius 3 is 2.35 bits per heavy atom. The molecule has 0 bridgehead atoms. The highest BCUT2D eigenvalue weighted by Crippen LogP contribution is 2.27. The van der Waals surface area contributed by atoms with Gasteiger partial charge in [-0.2, -0.15) is 0 Å². The zero-order valence-electron chi connectivity index (χ0n) is 12.3. The van der Waals surface area contributed by atoms with Gasteiger partial charge in [0.05, 0.1) is 0 Å². The predicted molar refractivity (Wildman–Crippen MR) is 86.5 cm³/mol. The molecule has 0 spiro atoms. The van der Waals surface area contributed by atoms with Gasteiger partial charge in [-0.1, -0.05) is 54.4 Å². The number of ketones is 1. The summed E-state index contributed by atoms with van der Waals surface area (Å²) in [7, 11) is 0. The van der Waals surface area contributed by atoms with E-state index in [1.54, 1.807) is 11.8 Å². The van der Waals surface area contributed by atoms with Crippen LogP contribution in [0.25, 0.3) is 0 Å². The molecule has 0 aliphatic rings. The molecule has 0 N–H and O–H groups in total. The highest BCUT2D eigenvalue weighted by Gasteiger charge is 2.09. The lowest BCUT2D eigenvalue weighted by Gasteiger charge is -2.08. The quantitative estimate of drug-likeness (QED) is 0.555. The van der Waals surface area contributed by atoms with Crippen LogP contribution in [0.4, 0.5) is 0 Å². The molecule has 2 aromatic carbocycles. The van der Waals surface area contributed by atoms with E-state index < -0.39 is 0 Å². The molecular weight excluding hydrogens is 264 g/mol. The lowest BCUT2D eigenvalue weighted by molar-refractivity contribution is 0.0985. The van der Waals surface area contributed by atoms with Crippen molar-refractivity contribution in [2.75, 3.05) is 0 Å². The first-order valence-corrected chi connectivity index (χ1v) is 7.91. The lowest BCUT2D eigenvalue weighted by atomic mass is 10.1. The Hall–Kier alpha value is -1.54. The molecule has 1 nitrogen and oxygen atoms in total. The zero-order chi connectivity index (χ0) is 14.5. The van der Waals surface area contributed by atoms with Crippen molar-refractivity contribution in [2.24, 2.45) is 0 Å². The van der Waals surface area contributed by atoms with Gasteiger partial charge < -0.3 is 0 Å². The van der Waals surface area contributed by atoms with Crippen LogP contribution in [-0.4, -0.2) is 5.78 Å². The number of thioether (sulfide) groups is 1. The van der Waals surface area contributed by atoms with Crippen LogP contribution in [0.5, 0.6) is 0 Å². The maximum absolute atomic E-state index is 11.9. The first kappa shape index (κ1) is 14.9. The zero-order valence-corrected chi connectivity index (χ0v) is 13.1. The molecule has 2 heteroatoms. The van der Waals surface area contributed by atoms with Crippen LogP contribution in [-0.2, 0) is 5.75 Å². The highest BCUT2D eigenvalue weighted by molar-refractivity contribution is 7.98. The Morgan fingerprint density at radius 2 is 1.70 bits per heavy atom. The summed E-state index contributed by atoms with van der Waals surface area (Å²) in [5.74, 6) is 1.12. The van der Waals surface area contributed by atoms with E-state index in [1.807, 2.05) is 31.2 Å². The molecule has 2 rings (SSSR count). The Balaban J connectivity index is 2.16. The van der Waals surface area contributed by atoms with E-state index in [9.17, 15) is 4.79 Å². The smallest absolute Gasteiger partial charge is 0.163 e. The molecule has 0 heterocycles. The summed E-state index contributed by atoms with van der Waals surface area (Å²) in [6.45, 7) is 6.15. The number of aryl methyl sites for hydroxylation is 2. The monoisotopic (exact) mass is 284 g/mol. The average Bonchev–Trinajstić information content (AvgIpc) is 2.43. The van der Waals surface area contributed by atoms with Gasteiger partial charge in [0, 0.05) is 22.6 Å². The van der Waals surface area contributed by atoms with E-state index in [1.165, 1.54) is 16.7 Å². The minimum Gasteiger partial charge on any atom is -0.294 e. The summed E-state index contributed by atoms with van der Waals surface area (Å²) in [5.41, 5.74) is 4.74. The third-order valence-electron chi connectivity index (χ3n) is 3.18. The molecule has 0 aliphatic carbocycles. The third-order valence-corrected chi connectivity index (χ3v) is 4.33. The number of carbonyl (C=O) groups is 1. The average molecular weight is 284 g/mol. The normalized spacial score (nSPS) is 10.6. The number of carbonyl (C=O) groups excluding carboxylic acids is 1. The van der Waals surface area contributed by atoms with Crippen molar-refractivity contribution in [1.82, 2.24) is 0 Å². The van der Waals surface area contributed by atoms with E-state index in [0.717, 1.165) is 16.2 Å². The van der Waals surface area contributed by atoms with Crippen LogP contribution in [0.1, 0.15) is 40.4 Å². The summed E-state index contributed by atoms with van der Waals surface area (Å²) in [5, 5.41) is 0. The highest BCUT2D eigenvalue weighted by atomic mass is 32.2. The lowest BCUT2D eigenvalue weighted by Crippen LogP contribution is -1.98. The Morgan fingerprint density at radius 1 is 1.05 bits per heavy atom. The van der Waals surface area contributed by atoms with Crippen molar-refractivity contribution >= 4 is 17.5 Å². The molecular formula is C18H20OS. The summed E-state index contributed by atoms with van der Waals surface area (Å²) in [6, 6.07) is 14.5. The molecule has 0 aliphatic heterocycles. The van der Waals surface area contributed by atoms with Crippen LogP contribution < -0.4 is 0 Å². The van der Waals surface area contributed by atoms with E-state index in [4.69, 9.17) is 0 Å². The summed E-state index contributed by atoms with van der Waals surface area (Å²) in [4.78, 5) is 13.0. The Kier molecular flexibility index (Phi) is 5.02. The summed E-state index contributed by atoms with van der Waals surface area (Å²) < 4.78 is 0. The van der Waals surface area contributed by atoms with Gasteiger partial charge in [0.2, 0.25) is 0 Å². The van der Waals surface area contributed by atoms with Crippen LogP contribution in [0.3, 0.4) is 0 Å². The van der Waals surface area contributed by atoms with Gasteiger partial charge >= 0.3 is 0 Å². The second-order valence-electron chi connectivity index (χ2n) is 5.06. The molecule has 0 amide bonds. The van der Waals surface area contributed by atoms with Gasteiger partial charge in [0.15, 0.2) is 5.78 Å². The molecule has 0 fully saturated rings. The molecule has 0 atom stereocenters. The van der Waals surface area contributed by atoms with Crippen molar-refractivity contribution in [3.05, 3.63) is 64.7 Å². The Bertz CT molecular complexity index is 596. The standard InChI is InChI=1S/C18H20OS/c1-4-17(19)16-7-5-6-8-18(16)20-12-15-10-13(2)9-14(3)11-15/h5-11H,4,12H2,1-3H3. The van der Waals surface area contributed by atoms with E-state index in [0.29, 0.717) is 6.42 Å². The number of benzene rings is 2. The van der Waals surface area contributed by atoms with Crippen molar-refractivity contribution in [3.8, 4) is 0 Å². The molecule has 2 aromatic rings. The predicted octanol–water partition coefficient (Wildman–Crippen LogP) is 5.19. The van der Waals surface area contributed by atoms with Crippen LogP contribution in [0.2, 0.25) is 0 Å². The van der Waals surface area contributed by atoms with E-state index in [2.05, 4.69) is 32.0 Å². The maximum Gasteiger partial charge on any atom is 0.163 e. The van der Waals surface area contributed by atoms with Crippen molar-refractivity contribution < 1.29 is 4.79 Å². The van der Waals surface area contributed by atoms with Crippen molar-refractivity contribution in [2.45, 2.75) is 37.8 Å². The van der Waals surface area contributed by atoms with Gasteiger partial charge in [0.25, 0.3) is 0 Å². The molecule has 0 aromatic heterocycles. The van der Waals surface area contributed by atoms with Crippen LogP contribution in [0, 0.1) is 13.8 Å². The molecule has 0 saturated carbocycles. The van der Waals surface area contributed by atoms with Crippen molar-refractivity contribution in [1.29, 1.82) is 0 Å². The molecule has 0 radical (unpaired) electrons. The van der Waals surface area contributed by atoms with E-state index in [-0.39, 0.29) is 5.78 Å². The number of hydrogen-bond donors (Lipinski definition) is 0. The number of hydrogen-bond acceptors (Lipinski definition) is 2. The molecule has 104 valence electrons. The minimum atomic E-state index is 0.216. The SMILES string of the molecule is CCC(=O)c1ccccc1SCc1cc(C)cc(C)c1. The number of rotatable bonds is 5. The second-order valence-corrected chi connectivity index (χ2v) is 6.07. The minimum absolute atomic E-state index is 0.216. The van der Waals surface area contributed by atoms with Gasteiger partial charge in [-0.25, -0.2) is 0 Å². The fourth-order valence-corrected chi connectivity index (χ4v) is 3.33.